The molecule has 1 aromatic heterocycles. The first-order valence-electron chi connectivity index (χ1n) is 7.55. The highest BCUT2D eigenvalue weighted by atomic mass is 32.2. The molecule has 1 N–H and O–H groups in total. The molecule has 5 nitrogen and oxygen atoms in total. The zero-order valence-corrected chi connectivity index (χ0v) is 14.2. The van der Waals surface area contributed by atoms with Crippen molar-refractivity contribution in [2.24, 2.45) is 16.7 Å². The molecule has 3 unspecified atom stereocenters. The number of sulfonamides is 1. The van der Waals surface area contributed by atoms with E-state index in [0.29, 0.717) is 17.4 Å². The van der Waals surface area contributed by atoms with E-state index in [0.717, 1.165) is 12.8 Å². The molecule has 0 aromatic carbocycles. The number of fused-ring (bicyclic) bond motifs is 2. The smallest absolute Gasteiger partial charge is 0.246 e. The third-order valence-corrected chi connectivity index (χ3v) is 8.04. The Balaban J connectivity index is 1.92. The summed E-state index contributed by atoms with van der Waals surface area (Å²) in [6.07, 6.45) is 3.21. The van der Waals surface area contributed by atoms with Crippen LogP contribution in [-0.4, -0.2) is 19.6 Å². The molecule has 1 aromatic rings. The molecular weight excluding hydrogens is 288 g/mol. The largest absolute Gasteiger partial charge is 0.360 e. The van der Waals surface area contributed by atoms with E-state index in [9.17, 15) is 8.42 Å². The van der Waals surface area contributed by atoms with E-state index in [-0.39, 0.29) is 21.8 Å². The van der Waals surface area contributed by atoms with E-state index in [1.54, 1.807) is 13.8 Å². The lowest BCUT2D eigenvalue weighted by molar-refractivity contribution is 0.130. The van der Waals surface area contributed by atoms with E-state index in [2.05, 4.69) is 30.6 Å². The van der Waals surface area contributed by atoms with Crippen LogP contribution in [-0.2, 0) is 10.0 Å². The van der Waals surface area contributed by atoms with Gasteiger partial charge in [0.25, 0.3) is 0 Å². The fraction of sp³-hybridized carbons (Fsp3) is 0.800. The van der Waals surface area contributed by atoms with Crippen molar-refractivity contribution in [2.45, 2.75) is 64.8 Å². The molecule has 2 fully saturated rings. The third-order valence-electron chi connectivity index (χ3n) is 6.33. The predicted molar refractivity (Wildman–Crippen MR) is 79.3 cm³/mol. The highest BCUT2D eigenvalue weighted by Crippen LogP contribution is 2.65. The van der Waals surface area contributed by atoms with Gasteiger partial charge in [0.05, 0.1) is 0 Å². The Morgan fingerprint density at radius 1 is 1.29 bits per heavy atom. The van der Waals surface area contributed by atoms with Gasteiger partial charge in [-0.05, 0) is 49.9 Å². The molecule has 2 bridgehead atoms. The molecule has 6 heteroatoms. The summed E-state index contributed by atoms with van der Waals surface area (Å²) in [5.74, 6) is 0.951. The average Bonchev–Trinajstić information content (AvgIpc) is 2.87. The summed E-state index contributed by atoms with van der Waals surface area (Å²) in [4.78, 5) is 0.201. The number of rotatable bonds is 3. The Morgan fingerprint density at radius 2 is 1.95 bits per heavy atom. The Labute approximate surface area is 126 Å². The molecule has 0 aliphatic heterocycles. The maximum absolute atomic E-state index is 12.7. The van der Waals surface area contributed by atoms with Crippen molar-refractivity contribution in [1.82, 2.24) is 9.88 Å². The minimum Gasteiger partial charge on any atom is -0.360 e. The standard InChI is InChI=1S/C15H24N2O3S/c1-9-13(10(2)20-16-9)21(18,19)17-12-8-11-6-7-15(12,5)14(11,3)4/h11-12,17H,6-8H2,1-5H3. The first-order chi connectivity index (χ1) is 9.59. The summed E-state index contributed by atoms with van der Waals surface area (Å²) in [5, 5.41) is 3.76. The Kier molecular flexibility index (Phi) is 3.09. The van der Waals surface area contributed by atoms with Crippen LogP contribution in [0.2, 0.25) is 0 Å². The summed E-state index contributed by atoms with van der Waals surface area (Å²) in [5.41, 5.74) is 0.621. The van der Waals surface area contributed by atoms with Gasteiger partial charge < -0.3 is 4.52 Å². The minimum atomic E-state index is -3.58. The molecule has 21 heavy (non-hydrogen) atoms. The molecule has 2 saturated carbocycles. The van der Waals surface area contributed by atoms with Gasteiger partial charge in [0.15, 0.2) is 5.76 Å². The summed E-state index contributed by atoms with van der Waals surface area (Å²) >= 11 is 0. The van der Waals surface area contributed by atoms with Gasteiger partial charge in [-0.15, -0.1) is 0 Å². The molecule has 3 atom stereocenters. The maximum Gasteiger partial charge on any atom is 0.246 e. The van der Waals surface area contributed by atoms with Gasteiger partial charge in [0, 0.05) is 6.04 Å². The summed E-state index contributed by atoms with van der Waals surface area (Å²) in [6, 6.07) is -0.00931. The van der Waals surface area contributed by atoms with Crippen molar-refractivity contribution in [3.8, 4) is 0 Å². The van der Waals surface area contributed by atoms with Gasteiger partial charge in [-0.25, -0.2) is 13.1 Å². The molecule has 3 rings (SSSR count). The normalized spacial score (nSPS) is 34.5. The molecule has 0 saturated heterocycles. The third kappa shape index (κ3) is 1.91. The van der Waals surface area contributed by atoms with Gasteiger partial charge >= 0.3 is 0 Å². The summed E-state index contributed by atoms with van der Waals surface area (Å²) in [7, 11) is -3.58. The SMILES string of the molecule is Cc1noc(C)c1S(=O)(=O)NC1CC2CCC1(C)C2(C)C. The Hall–Kier alpha value is -0.880. The van der Waals surface area contributed by atoms with Gasteiger partial charge in [-0.2, -0.15) is 0 Å². The monoisotopic (exact) mass is 312 g/mol. The Morgan fingerprint density at radius 3 is 2.38 bits per heavy atom. The van der Waals surface area contributed by atoms with Crippen LogP contribution in [0.25, 0.3) is 0 Å². The van der Waals surface area contributed by atoms with Crippen LogP contribution >= 0.6 is 0 Å². The zero-order valence-electron chi connectivity index (χ0n) is 13.4. The number of aryl methyl sites for hydroxylation is 2. The highest BCUT2D eigenvalue weighted by Gasteiger charge is 2.62. The van der Waals surface area contributed by atoms with Gasteiger partial charge in [0.2, 0.25) is 10.0 Å². The molecule has 1 heterocycles. The molecule has 2 aliphatic carbocycles. The van der Waals surface area contributed by atoms with Crippen molar-refractivity contribution >= 4 is 10.0 Å². The molecular formula is C15H24N2O3S. The number of hydrogen-bond donors (Lipinski definition) is 1. The lowest BCUT2D eigenvalue weighted by Gasteiger charge is -2.39. The van der Waals surface area contributed by atoms with E-state index in [1.165, 1.54) is 6.42 Å². The van der Waals surface area contributed by atoms with E-state index in [4.69, 9.17) is 4.52 Å². The lowest BCUT2D eigenvalue weighted by Crippen LogP contribution is -2.46. The molecule has 2 aliphatic rings. The van der Waals surface area contributed by atoms with Crippen molar-refractivity contribution < 1.29 is 12.9 Å². The number of aromatic nitrogens is 1. The molecule has 0 spiro atoms. The topological polar surface area (TPSA) is 72.2 Å². The van der Waals surface area contributed by atoms with Crippen molar-refractivity contribution in [3.05, 3.63) is 11.5 Å². The van der Waals surface area contributed by atoms with Gasteiger partial charge in [-0.1, -0.05) is 25.9 Å². The second kappa shape index (κ2) is 4.32. The van der Waals surface area contributed by atoms with Gasteiger partial charge in [-0.3, -0.25) is 0 Å². The van der Waals surface area contributed by atoms with Crippen LogP contribution in [0.3, 0.4) is 0 Å². The zero-order chi connectivity index (χ0) is 15.6. The van der Waals surface area contributed by atoms with Crippen molar-refractivity contribution in [1.29, 1.82) is 0 Å². The first-order valence-corrected chi connectivity index (χ1v) is 9.03. The van der Waals surface area contributed by atoms with Crippen LogP contribution in [0.15, 0.2) is 9.42 Å². The van der Waals surface area contributed by atoms with Crippen LogP contribution in [0.5, 0.6) is 0 Å². The quantitative estimate of drug-likeness (QED) is 0.931. The fourth-order valence-electron chi connectivity index (χ4n) is 4.49. The Bertz CT molecular complexity index is 658. The molecule has 118 valence electrons. The first kappa shape index (κ1) is 15.0. The van der Waals surface area contributed by atoms with Gasteiger partial charge in [0.1, 0.15) is 10.6 Å². The van der Waals surface area contributed by atoms with E-state index >= 15 is 0 Å². The maximum atomic E-state index is 12.7. The minimum absolute atomic E-state index is 0.00931. The number of nitrogens with one attached hydrogen (secondary N) is 1. The highest BCUT2D eigenvalue weighted by molar-refractivity contribution is 7.89. The summed E-state index contributed by atoms with van der Waals surface area (Å²) in [6.45, 7) is 10.1. The molecule has 0 radical (unpaired) electrons. The summed E-state index contributed by atoms with van der Waals surface area (Å²) < 4.78 is 33.4. The van der Waals surface area contributed by atoms with Crippen molar-refractivity contribution in [2.75, 3.05) is 0 Å². The van der Waals surface area contributed by atoms with Crippen LogP contribution in [0.1, 0.15) is 51.5 Å². The fourth-order valence-corrected chi connectivity index (χ4v) is 6.18. The van der Waals surface area contributed by atoms with E-state index in [1.807, 2.05) is 0 Å². The number of nitrogens with zero attached hydrogens (tertiary/aromatic N) is 1. The average molecular weight is 312 g/mol. The predicted octanol–water partition coefficient (Wildman–Crippen LogP) is 2.78. The number of hydrogen-bond acceptors (Lipinski definition) is 4. The van der Waals surface area contributed by atoms with Crippen LogP contribution < -0.4 is 4.72 Å². The van der Waals surface area contributed by atoms with E-state index < -0.39 is 10.0 Å². The second-order valence-corrected chi connectivity index (χ2v) is 9.09. The second-order valence-electron chi connectivity index (χ2n) is 7.44. The van der Waals surface area contributed by atoms with Crippen LogP contribution in [0, 0.1) is 30.6 Å². The van der Waals surface area contributed by atoms with Crippen LogP contribution in [0.4, 0.5) is 0 Å². The molecule has 0 amide bonds. The van der Waals surface area contributed by atoms with Crippen molar-refractivity contribution in [3.63, 3.8) is 0 Å². The lowest BCUT2D eigenvalue weighted by atomic mass is 9.69.